The predicted octanol–water partition coefficient (Wildman–Crippen LogP) is 2.91. The average Bonchev–Trinajstić information content (AvgIpc) is 2.81. The van der Waals surface area contributed by atoms with Crippen molar-refractivity contribution in [3.8, 4) is 0 Å². The lowest BCUT2D eigenvalue weighted by Gasteiger charge is -2.28. The van der Waals surface area contributed by atoms with Gasteiger partial charge in [0.15, 0.2) is 0 Å². The van der Waals surface area contributed by atoms with Gasteiger partial charge in [-0.25, -0.2) is 0 Å². The molecular weight excluding hydrogens is 272 g/mol. The number of carbonyl (C=O) groups excluding carboxylic acids is 1. The lowest BCUT2D eigenvalue weighted by Crippen LogP contribution is -2.43. The van der Waals surface area contributed by atoms with Gasteiger partial charge in [-0.05, 0) is 45.7 Å². The summed E-state index contributed by atoms with van der Waals surface area (Å²) in [6.07, 6.45) is 2.87. The van der Waals surface area contributed by atoms with Gasteiger partial charge in [-0.3, -0.25) is 4.79 Å². The van der Waals surface area contributed by atoms with E-state index in [4.69, 9.17) is 0 Å². The summed E-state index contributed by atoms with van der Waals surface area (Å²) in [4.78, 5) is 12.1. The van der Waals surface area contributed by atoms with Gasteiger partial charge in [-0.1, -0.05) is 29.8 Å². The van der Waals surface area contributed by atoms with Gasteiger partial charge in [-0.15, -0.1) is 12.4 Å². The van der Waals surface area contributed by atoms with Crippen LogP contribution >= 0.6 is 12.4 Å². The first kappa shape index (κ1) is 17.0. The highest BCUT2D eigenvalue weighted by Crippen LogP contribution is 2.21. The second kappa shape index (κ2) is 7.09. The van der Waals surface area contributed by atoms with Crippen molar-refractivity contribution in [3.63, 3.8) is 0 Å². The number of hydrogen-bond acceptors (Lipinski definition) is 2. The van der Waals surface area contributed by atoms with Crippen LogP contribution in [-0.2, 0) is 10.3 Å². The summed E-state index contributed by atoms with van der Waals surface area (Å²) in [5.41, 5.74) is 2.05. The highest BCUT2D eigenvalue weighted by molar-refractivity contribution is 5.85. The van der Waals surface area contributed by atoms with Crippen LogP contribution in [0.4, 0.5) is 0 Å². The largest absolute Gasteiger partial charge is 0.347 e. The minimum atomic E-state index is -0.318. The van der Waals surface area contributed by atoms with E-state index in [-0.39, 0.29) is 23.9 Å². The predicted molar refractivity (Wildman–Crippen MR) is 85.2 cm³/mol. The smallest absolute Gasteiger partial charge is 0.222 e. The van der Waals surface area contributed by atoms with E-state index in [0.29, 0.717) is 12.5 Å². The molecule has 1 heterocycles. The standard InChI is InChI=1S/C16H24N2O.ClH/c1-12-6-4-7-13(10-12)16(2,3)18-15(19)11-14-8-5-9-17-14;/h4,6-7,10,14,17H,5,8-9,11H2,1-3H3,(H,18,19);1H. The number of nitrogens with one attached hydrogen (secondary N) is 2. The Morgan fingerprint density at radius 1 is 1.45 bits per heavy atom. The van der Waals surface area contributed by atoms with E-state index >= 15 is 0 Å². The van der Waals surface area contributed by atoms with Crippen LogP contribution in [0.2, 0.25) is 0 Å². The molecule has 0 aromatic heterocycles. The average molecular weight is 297 g/mol. The third kappa shape index (κ3) is 4.50. The SMILES string of the molecule is Cc1cccc(C(C)(C)NC(=O)CC2CCCN2)c1.Cl. The van der Waals surface area contributed by atoms with Crippen molar-refractivity contribution in [1.29, 1.82) is 0 Å². The van der Waals surface area contributed by atoms with Gasteiger partial charge in [0.25, 0.3) is 0 Å². The quantitative estimate of drug-likeness (QED) is 0.897. The number of rotatable bonds is 4. The Morgan fingerprint density at radius 2 is 2.20 bits per heavy atom. The fraction of sp³-hybridized carbons (Fsp3) is 0.562. The third-order valence-corrected chi connectivity index (χ3v) is 3.79. The molecule has 1 aliphatic heterocycles. The molecule has 0 spiro atoms. The van der Waals surface area contributed by atoms with Crippen LogP contribution in [-0.4, -0.2) is 18.5 Å². The monoisotopic (exact) mass is 296 g/mol. The number of hydrogen-bond donors (Lipinski definition) is 2. The summed E-state index contributed by atoms with van der Waals surface area (Å²) in [5.74, 6) is 0.130. The highest BCUT2D eigenvalue weighted by atomic mass is 35.5. The Kier molecular flexibility index (Phi) is 6.03. The van der Waals surface area contributed by atoms with Gasteiger partial charge in [-0.2, -0.15) is 0 Å². The van der Waals surface area contributed by atoms with Crippen LogP contribution in [0.25, 0.3) is 0 Å². The third-order valence-electron chi connectivity index (χ3n) is 3.79. The Balaban J connectivity index is 0.00000200. The van der Waals surface area contributed by atoms with Gasteiger partial charge < -0.3 is 10.6 Å². The minimum absolute atomic E-state index is 0. The van der Waals surface area contributed by atoms with Crippen LogP contribution in [0.3, 0.4) is 0 Å². The lowest BCUT2D eigenvalue weighted by molar-refractivity contribution is -0.123. The molecule has 0 radical (unpaired) electrons. The molecule has 1 unspecified atom stereocenters. The van der Waals surface area contributed by atoms with E-state index in [1.54, 1.807) is 0 Å². The van der Waals surface area contributed by atoms with E-state index < -0.39 is 0 Å². The summed E-state index contributed by atoms with van der Waals surface area (Å²) in [5, 5.41) is 6.51. The van der Waals surface area contributed by atoms with Gasteiger partial charge in [0, 0.05) is 12.5 Å². The fourth-order valence-electron chi connectivity index (χ4n) is 2.66. The second-order valence-corrected chi connectivity index (χ2v) is 6.04. The van der Waals surface area contributed by atoms with Gasteiger partial charge in [0.05, 0.1) is 5.54 Å². The van der Waals surface area contributed by atoms with Gasteiger partial charge >= 0.3 is 0 Å². The Labute approximate surface area is 127 Å². The van der Waals surface area contributed by atoms with E-state index in [9.17, 15) is 4.79 Å². The van der Waals surface area contributed by atoms with Crippen LogP contribution in [0.5, 0.6) is 0 Å². The zero-order chi connectivity index (χ0) is 13.9. The van der Waals surface area contributed by atoms with Crippen molar-refractivity contribution < 1.29 is 4.79 Å². The van der Waals surface area contributed by atoms with E-state index in [1.165, 1.54) is 12.0 Å². The maximum Gasteiger partial charge on any atom is 0.222 e. The molecule has 0 saturated carbocycles. The van der Waals surface area contributed by atoms with Crippen LogP contribution < -0.4 is 10.6 Å². The summed E-state index contributed by atoms with van der Waals surface area (Å²) in [6, 6.07) is 8.67. The fourth-order valence-corrected chi connectivity index (χ4v) is 2.66. The number of benzene rings is 1. The van der Waals surface area contributed by atoms with Crippen LogP contribution in [0, 0.1) is 6.92 Å². The molecule has 2 N–H and O–H groups in total. The summed E-state index contributed by atoms with van der Waals surface area (Å²) in [7, 11) is 0. The number of aryl methyl sites for hydroxylation is 1. The van der Waals surface area contributed by atoms with Crippen molar-refractivity contribution >= 4 is 18.3 Å². The maximum absolute atomic E-state index is 12.1. The van der Waals surface area contributed by atoms with Crippen LogP contribution in [0.15, 0.2) is 24.3 Å². The summed E-state index contributed by atoms with van der Waals surface area (Å²) >= 11 is 0. The van der Waals surface area contributed by atoms with Crippen molar-refractivity contribution in [3.05, 3.63) is 35.4 Å². The molecule has 2 rings (SSSR count). The van der Waals surface area contributed by atoms with Crippen molar-refractivity contribution in [1.82, 2.24) is 10.6 Å². The lowest BCUT2D eigenvalue weighted by atomic mass is 9.92. The Hall–Kier alpha value is -1.06. The first-order valence-electron chi connectivity index (χ1n) is 7.09. The van der Waals surface area contributed by atoms with E-state index in [1.807, 2.05) is 6.07 Å². The first-order chi connectivity index (χ1) is 8.97. The van der Waals surface area contributed by atoms with Crippen molar-refractivity contribution in [2.75, 3.05) is 6.54 Å². The molecule has 0 aliphatic carbocycles. The molecule has 1 aromatic carbocycles. The van der Waals surface area contributed by atoms with Crippen molar-refractivity contribution in [2.24, 2.45) is 0 Å². The number of carbonyl (C=O) groups is 1. The zero-order valence-corrected chi connectivity index (χ0v) is 13.3. The second-order valence-electron chi connectivity index (χ2n) is 6.04. The maximum atomic E-state index is 12.1. The highest BCUT2D eigenvalue weighted by Gasteiger charge is 2.25. The van der Waals surface area contributed by atoms with Crippen LogP contribution in [0.1, 0.15) is 44.2 Å². The van der Waals surface area contributed by atoms with E-state index in [0.717, 1.165) is 18.5 Å². The molecule has 1 atom stereocenters. The molecule has 112 valence electrons. The molecule has 0 bridgehead atoms. The summed E-state index contributed by atoms with van der Waals surface area (Å²) in [6.45, 7) is 7.23. The molecule has 1 saturated heterocycles. The van der Waals surface area contributed by atoms with Crippen molar-refractivity contribution in [2.45, 2.75) is 51.6 Å². The topological polar surface area (TPSA) is 41.1 Å². The molecule has 3 nitrogen and oxygen atoms in total. The normalized spacial score (nSPS) is 18.4. The molecule has 20 heavy (non-hydrogen) atoms. The zero-order valence-electron chi connectivity index (χ0n) is 12.5. The number of amides is 1. The van der Waals surface area contributed by atoms with Gasteiger partial charge in [0.2, 0.25) is 5.91 Å². The first-order valence-corrected chi connectivity index (χ1v) is 7.09. The van der Waals surface area contributed by atoms with E-state index in [2.05, 4.69) is 49.6 Å². The minimum Gasteiger partial charge on any atom is -0.347 e. The molecule has 4 heteroatoms. The summed E-state index contributed by atoms with van der Waals surface area (Å²) < 4.78 is 0. The Bertz CT molecular complexity index is 454. The number of halogens is 1. The molecule has 1 amide bonds. The molecule has 1 aromatic rings. The molecule has 1 aliphatic rings. The molecule has 1 fully saturated rings. The molecular formula is C16H25ClN2O. The van der Waals surface area contributed by atoms with Gasteiger partial charge in [0.1, 0.15) is 0 Å². The Morgan fingerprint density at radius 3 is 2.80 bits per heavy atom.